The van der Waals surface area contributed by atoms with Crippen molar-refractivity contribution in [1.29, 1.82) is 0 Å². The van der Waals surface area contributed by atoms with Gasteiger partial charge in [0.25, 0.3) is 0 Å². The van der Waals surface area contributed by atoms with E-state index in [1.54, 1.807) is 18.6 Å². The maximum absolute atomic E-state index is 5.58. The van der Waals surface area contributed by atoms with Crippen molar-refractivity contribution in [3.63, 3.8) is 0 Å². The van der Waals surface area contributed by atoms with E-state index in [2.05, 4.69) is 22.2 Å². The lowest BCUT2D eigenvalue weighted by molar-refractivity contribution is 0.317. The van der Waals surface area contributed by atoms with Crippen LogP contribution in [0.15, 0.2) is 42.9 Å². The smallest absolute Gasteiger partial charge is 0.121 e. The summed E-state index contributed by atoms with van der Waals surface area (Å²) in [6, 6.07) is 7.94. The van der Waals surface area contributed by atoms with Gasteiger partial charge in [-0.05, 0) is 18.6 Å². The summed E-state index contributed by atoms with van der Waals surface area (Å²) in [5.41, 5.74) is 1.94. The quantitative estimate of drug-likeness (QED) is 0.847. The Hall–Kier alpha value is -2.10. The Bertz CT molecular complexity index is 473. The molecule has 0 aliphatic heterocycles. The van der Waals surface area contributed by atoms with Gasteiger partial charge in [-0.25, -0.2) is 0 Å². The van der Waals surface area contributed by atoms with Crippen molar-refractivity contribution in [3.8, 4) is 5.75 Å². The normalized spacial score (nSPS) is 10.1. The average molecular weight is 243 g/mol. The molecule has 0 aliphatic carbocycles. The van der Waals surface area contributed by atoms with Crippen molar-refractivity contribution in [2.75, 3.05) is 11.9 Å². The molecular formula is C14H17N3O. The number of aromatic nitrogens is 2. The number of rotatable bonds is 6. The highest BCUT2D eigenvalue weighted by molar-refractivity contribution is 5.48. The van der Waals surface area contributed by atoms with E-state index in [0.29, 0.717) is 6.54 Å². The number of nitrogens with zero attached hydrogens (tertiary/aromatic N) is 2. The molecule has 1 aromatic heterocycles. The second-order valence-corrected chi connectivity index (χ2v) is 3.93. The molecule has 0 fully saturated rings. The molecule has 1 heterocycles. The van der Waals surface area contributed by atoms with Gasteiger partial charge < -0.3 is 10.1 Å². The fraction of sp³-hybridized carbons (Fsp3) is 0.286. The molecule has 0 spiro atoms. The van der Waals surface area contributed by atoms with Crippen molar-refractivity contribution in [3.05, 3.63) is 48.5 Å². The zero-order valence-electron chi connectivity index (χ0n) is 10.5. The summed E-state index contributed by atoms with van der Waals surface area (Å²) in [6.07, 6.45) is 6.13. The van der Waals surface area contributed by atoms with Gasteiger partial charge >= 0.3 is 0 Å². The minimum atomic E-state index is 0.658. The van der Waals surface area contributed by atoms with Gasteiger partial charge in [0.1, 0.15) is 5.75 Å². The third kappa shape index (κ3) is 3.73. The molecule has 1 aromatic carbocycles. The molecule has 0 atom stereocenters. The van der Waals surface area contributed by atoms with E-state index >= 15 is 0 Å². The van der Waals surface area contributed by atoms with Gasteiger partial charge in [-0.3, -0.25) is 9.97 Å². The summed E-state index contributed by atoms with van der Waals surface area (Å²) >= 11 is 0. The number of hydrogen-bond acceptors (Lipinski definition) is 4. The second kappa shape index (κ2) is 6.59. The van der Waals surface area contributed by atoms with E-state index in [-0.39, 0.29) is 0 Å². The first-order valence-corrected chi connectivity index (χ1v) is 6.10. The van der Waals surface area contributed by atoms with Crippen LogP contribution in [-0.2, 0) is 6.54 Å². The topological polar surface area (TPSA) is 47.0 Å². The molecule has 2 aromatic rings. The van der Waals surface area contributed by atoms with Crippen LogP contribution in [0.5, 0.6) is 5.75 Å². The SMILES string of the molecule is CCCOc1cccc(NCc2cnccn2)c1. The van der Waals surface area contributed by atoms with E-state index in [4.69, 9.17) is 4.74 Å². The highest BCUT2D eigenvalue weighted by Gasteiger charge is 1.97. The average Bonchev–Trinajstić information content (AvgIpc) is 2.44. The molecule has 0 amide bonds. The van der Waals surface area contributed by atoms with Crippen LogP contribution in [0.3, 0.4) is 0 Å². The van der Waals surface area contributed by atoms with Crippen LogP contribution >= 0.6 is 0 Å². The summed E-state index contributed by atoms with van der Waals surface area (Å²) in [5, 5.41) is 3.30. The number of ether oxygens (including phenoxy) is 1. The van der Waals surface area contributed by atoms with E-state index in [1.165, 1.54) is 0 Å². The Morgan fingerprint density at radius 2 is 2.22 bits per heavy atom. The van der Waals surface area contributed by atoms with E-state index < -0.39 is 0 Å². The fourth-order valence-corrected chi connectivity index (χ4v) is 1.53. The lowest BCUT2D eigenvalue weighted by atomic mass is 10.3. The van der Waals surface area contributed by atoms with Crippen LogP contribution in [0.2, 0.25) is 0 Å². The van der Waals surface area contributed by atoms with Crippen LogP contribution in [0.25, 0.3) is 0 Å². The third-order valence-corrected chi connectivity index (χ3v) is 2.40. The van der Waals surface area contributed by atoms with Crippen LogP contribution in [0.1, 0.15) is 19.0 Å². The summed E-state index contributed by atoms with van der Waals surface area (Å²) in [4.78, 5) is 8.24. The van der Waals surface area contributed by atoms with Crippen molar-refractivity contribution in [2.45, 2.75) is 19.9 Å². The van der Waals surface area contributed by atoms with Gasteiger partial charge in [-0.2, -0.15) is 0 Å². The Labute approximate surface area is 107 Å². The predicted octanol–water partition coefficient (Wildman–Crippen LogP) is 2.88. The van der Waals surface area contributed by atoms with E-state index in [9.17, 15) is 0 Å². The molecule has 0 unspecified atom stereocenters. The lowest BCUT2D eigenvalue weighted by Crippen LogP contribution is -2.02. The van der Waals surface area contributed by atoms with E-state index in [0.717, 1.165) is 30.2 Å². The molecule has 0 aliphatic rings. The van der Waals surface area contributed by atoms with Crippen molar-refractivity contribution < 1.29 is 4.74 Å². The van der Waals surface area contributed by atoms with Gasteiger partial charge in [0.05, 0.1) is 25.0 Å². The molecular weight excluding hydrogens is 226 g/mol. The monoisotopic (exact) mass is 243 g/mol. The van der Waals surface area contributed by atoms with Crippen molar-refractivity contribution in [2.24, 2.45) is 0 Å². The maximum Gasteiger partial charge on any atom is 0.121 e. The fourth-order valence-electron chi connectivity index (χ4n) is 1.53. The Kier molecular flexibility index (Phi) is 4.53. The first-order chi connectivity index (χ1) is 8.88. The van der Waals surface area contributed by atoms with Gasteiger partial charge in [-0.15, -0.1) is 0 Å². The summed E-state index contributed by atoms with van der Waals surface area (Å²) in [6.45, 7) is 3.49. The summed E-state index contributed by atoms with van der Waals surface area (Å²) < 4.78 is 5.58. The maximum atomic E-state index is 5.58. The van der Waals surface area contributed by atoms with Crippen molar-refractivity contribution >= 4 is 5.69 Å². The van der Waals surface area contributed by atoms with Crippen LogP contribution in [-0.4, -0.2) is 16.6 Å². The first kappa shape index (κ1) is 12.4. The van der Waals surface area contributed by atoms with Gasteiger partial charge in [0, 0.05) is 24.1 Å². The molecule has 18 heavy (non-hydrogen) atoms. The lowest BCUT2D eigenvalue weighted by Gasteiger charge is -2.08. The Balaban J connectivity index is 1.93. The Morgan fingerprint density at radius 3 is 3.00 bits per heavy atom. The third-order valence-electron chi connectivity index (χ3n) is 2.40. The number of anilines is 1. The molecule has 2 rings (SSSR count). The zero-order valence-corrected chi connectivity index (χ0v) is 10.5. The minimum Gasteiger partial charge on any atom is -0.494 e. The van der Waals surface area contributed by atoms with Gasteiger partial charge in [0.2, 0.25) is 0 Å². The van der Waals surface area contributed by atoms with Crippen molar-refractivity contribution in [1.82, 2.24) is 9.97 Å². The molecule has 1 N–H and O–H groups in total. The molecule has 0 radical (unpaired) electrons. The van der Waals surface area contributed by atoms with Crippen LogP contribution in [0.4, 0.5) is 5.69 Å². The zero-order chi connectivity index (χ0) is 12.6. The van der Waals surface area contributed by atoms with Gasteiger partial charge in [-0.1, -0.05) is 13.0 Å². The highest BCUT2D eigenvalue weighted by atomic mass is 16.5. The first-order valence-electron chi connectivity index (χ1n) is 6.10. The molecule has 0 saturated heterocycles. The van der Waals surface area contributed by atoms with Crippen LogP contribution in [0, 0.1) is 0 Å². The molecule has 4 heteroatoms. The predicted molar refractivity (Wildman–Crippen MR) is 71.6 cm³/mol. The molecule has 94 valence electrons. The number of hydrogen-bond donors (Lipinski definition) is 1. The molecule has 0 saturated carbocycles. The summed E-state index contributed by atoms with van der Waals surface area (Å²) in [5.74, 6) is 0.890. The summed E-state index contributed by atoms with van der Waals surface area (Å²) in [7, 11) is 0. The standard InChI is InChI=1S/C14H17N3O/c1-2-8-18-14-5-3-4-12(9-14)17-11-13-10-15-6-7-16-13/h3-7,9-10,17H,2,8,11H2,1H3. The second-order valence-electron chi connectivity index (χ2n) is 3.93. The minimum absolute atomic E-state index is 0.658. The number of nitrogens with one attached hydrogen (secondary N) is 1. The Morgan fingerprint density at radius 1 is 1.28 bits per heavy atom. The van der Waals surface area contributed by atoms with Crippen LogP contribution < -0.4 is 10.1 Å². The van der Waals surface area contributed by atoms with Gasteiger partial charge in [0.15, 0.2) is 0 Å². The molecule has 0 bridgehead atoms. The number of benzene rings is 1. The largest absolute Gasteiger partial charge is 0.494 e. The van der Waals surface area contributed by atoms with E-state index in [1.807, 2.05) is 24.3 Å². The highest BCUT2D eigenvalue weighted by Crippen LogP contribution is 2.17. The molecule has 4 nitrogen and oxygen atoms in total.